The molecule has 1 N–H and O–H groups in total. The van der Waals surface area contributed by atoms with Crippen LogP contribution < -0.4 is 5.32 Å². The first-order valence-electron chi connectivity index (χ1n) is 9.10. The van der Waals surface area contributed by atoms with Gasteiger partial charge in [-0.15, -0.1) is 0 Å². The fraction of sp³-hybridized carbons (Fsp3) is 0.611. The first kappa shape index (κ1) is 18.4. The van der Waals surface area contributed by atoms with Gasteiger partial charge >= 0.3 is 0 Å². The van der Waals surface area contributed by atoms with Crippen molar-refractivity contribution in [3.8, 4) is 0 Å². The summed E-state index contributed by atoms with van der Waals surface area (Å²) in [6.45, 7) is 4.49. The molecule has 0 atom stereocenters. The van der Waals surface area contributed by atoms with Gasteiger partial charge in [0.2, 0.25) is 15.9 Å². The van der Waals surface area contributed by atoms with E-state index >= 15 is 0 Å². The molecular formula is C18H27N3O3S. The van der Waals surface area contributed by atoms with Crippen LogP contribution in [0, 0.1) is 0 Å². The van der Waals surface area contributed by atoms with Crippen molar-refractivity contribution in [1.29, 1.82) is 0 Å². The Morgan fingerprint density at radius 3 is 2.32 bits per heavy atom. The topological polar surface area (TPSA) is 69.7 Å². The van der Waals surface area contributed by atoms with E-state index in [-0.39, 0.29) is 5.91 Å². The van der Waals surface area contributed by atoms with E-state index in [4.69, 9.17) is 0 Å². The van der Waals surface area contributed by atoms with Crippen molar-refractivity contribution in [2.75, 3.05) is 32.7 Å². The highest BCUT2D eigenvalue weighted by Gasteiger charge is 2.30. The third-order valence-corrected chi connectivity index (χ3v) is 6.65. The zero-order valence-corrected chi connectivity index (χ0v) is 15.6. The van der Waals surface area contributed by atoms with Gasteiger partial charge in [0.15, 0.2) is 0 Å². The van der Waals surface area contributed by atoms with Crippen LogP contribution in [0.1, 0.15) is 31.7 Å². The Bertz CT molecular complexity index is 691. The maximum atomic E-state index is 12.8. The van der Waals surface area contributed by atoms with Crippen LogP contribution >= 0.6 is 0 Å². The Labute approximate surface area is 150 Å². The van der Waals surface area contributed by atoms with Gasteiger partial charge in [-0.05, 0) is 37.0 Å². The predicted octanol–water partition coefficient (Wildman–Crippen LogP) is 1.22. The molecule has 6 nitrogen and oxygen atoms in total. The molecule has 1 aliphatic carbocycles. The van der Waals surface area contributed by atoms with Crippen molar-refractivity contribution >= 4 is 15.9 Å². The molecular weight excluding hydrogens is 338 g/mol. The number of hydrogen-bond acceptors (Lipinski definition) is 4. The minimum absolute atomic E-state index is 0.0466. The molecule has 0 unspecified atom stereocenters. The highest BCUT2D eigenvalue weighted by atomic mass is 32.2. The van der Waals surface area contributed by atoms with Crippen LogP contribution in [0.2, 0.25) is 0 Å². The lowest BCUT2D eigenvalue weighted by atomic mass is 10.1. The molecule has 0 bridgehead atoms. The summed E-state index contributed by atoms with van der Waals surface area (Å²) in [6, 6.07) is 7.57. The molecule has 25 heavy (non-hydrogen) atoms. The largest absolute Gasteiger partial charge is 0.352 e. The Balaban J connectivity index is 1.54. The Morgan fingerprint density at radius 1 is 1.12 bits per heavy atom. The summed E-state index contributed by atoms with van der Waals surface area (Å²) in [5, 5.41) is 2.97. The lowest BCUT2D eigenvalue weighted by molar-refractivity contribution is -0.122. The van der Waals surface area contributed by atoms with Gasteiger partial charge in [0, 0.05) is 32.2 Å². The maximum Gasteiger partial charge on any atom is 0.243 e. The molecule has 1 aliphatic heterocycles. The number of carbonyl (C=O) groups is 1. The van der Waals surface area contributed by atoms with Gasteiger partial charge in [-0.2, -0.15) is 4.31 Å². The molecule has 1 aromatic carbocycles. The molecule has 1 amide bonds. The first-order chi connectivity index (χ1) is 12.0. The molecule has 138 valence electrons. The van der Waals surface area contributed by atoms with Crippen molar-refractivity contribution in [3.63, 3.8) is 0 Å². The number of piperazine rings is 1. The van der Waals surface area contributed by atoms with Crippen LogP contribution in [-0.4, -0.2) is 62.3 Å². The number of amides is 1. The minimum Gasteiger partial charge on any atom is -0.352 e. The van der Waals surface area contributed by atoms with E-state index in [1.807, 2.05) is 17.0 Å². The van der Waals surface area contributed by atoms with Gasteiger partial charge in [0.25, 0.3) is 0 Å². The summed E-state index contributed by atoms with van der Waals surface area (Å²) in [4.78, 5) is 14.2. The van der Waals surface area contributed by atoms with Crippen LogP contribution in [-0.2, 0) is 21.2 Å². The third-order valence-electron chi connectivity index (χ3n) is 4.74. The van der Waals surface area contributed by atoms with Crippen molar-refractivity contribution in [2.24, 2.45) is 0 Å². The summed E-state index contributed by atoms with van der Waals surface area (Å²) in [6.07, 6.45) is 4.16. The van der Waals surface area contributed by atoms with Crippen LogP contribution in [0.25, 0.3) is 0 Å². The number of hydrogen-bond donors (Lipinski definition) is 1. The maximum absolute atomic E-state index is 12.8. The molecule has 0 aromatic heterocycles. The van der Waals surface area contributed by atoms with E-state index in [2.05, 4.69) is 12.2 Å². The average Bonchev–Trinajstić information content (AvgIpc) is 3.40. The van der Waals surface area contributed by atoms with Crippen molar-refractivity contribution < 1.29 is 13.2 Å². The Kier molecular flexibility index (Phi) is 5.76. The number of nitrogens with zero attached hydrogens (tertiary/aromatic N) is 2. The van der Waals surface area contributed by atoms with Crippen LogP contribution in [0.15, 0.2) is 29.2 Å². The Hall–Kier alpha value is -1.44. The van der Waals surface area contributed by atoms with Crippen LogP contribution in [0.3, 0.4) is 0 Å². The summed E-state index contributed by atoms with van der Waals surface area (Å²) in [5.74, 6) is 0.0466. The molecule has 1 aromatic rings. The molecule has 3 rings (SSSR count). The average molecular weight is 365 g/mol. The van der Waals surface area contributed by atoms with E-state index in [0.29, 0.717) is 43.7 Å². The van der Waals surface area contributed by atoms with E-state index in [9.17, 15) is 13.2 Å². The van der Waals surface area contributed by atoms with Gasteiger partial charge in [-0.3, -0.25) is 9.69 Å². The summed E-state index contributed by atoms with van der Waals surface area (Å²) in [5.41, 5.74) is 1.16. The highest BCUT2D eigenvalue weighted by molar-refractivity contribution is 7.89. The summed E-state index contributed by atoms with van der Waals surface area (Å²) >= 11 is 0. The fourth-order valence-corrected chi connectivity index (χ4v) is 4.52. The molecule has 1 saturated carbocycles. The first-order valence-corrected chi connectivity index (χ1v) is 10.5. The third kappa shape index (κ3) is 4.80. The zero-order chi connectivity index (χ0) is 17.9. The predicted molar refractivity (Wildman–Crippen MR) is 96.8 cm³/mol. The number of carbonyl (C=O) groups excluding carboxylic acids is 1. The van der Waals surface area contributed by atoms with Crippen LogP contribution in [0.5, 0.6) is 0 Å². The molecule has 7 heteroatoms. The summed E-state index contributed by atoms with van der Waals surface area (Å²) in [7, 11) is -3.45. The fourth-order valence-electron chi connectivity index (χ4n) is 3.10. The standard InChI is InChI=1S/C18H27N3O3S/c1-2-3-15-4-8-17(9-5-15)25(23,24)21-12-10-20(11-13-21)14-18(22)19-16-6-7-16/h4-5,8-9,16H,2-3,6-7,10-14H2,1H3,(H,19,22). The van der Waals surface area contributed by atoms with E-state index in [1.165, 1.54) is 4.31 Å². The SMILES string of the molecule is CCCc1ccc(S(=O)(=O)N2CCN(CC(=O)NC3CC3)CC2)cc1. The van der Waals surface area contributed by atoms with Gasteiger partial charge in [-0.1, -0.05) is 25.5 Å². The minimum atomic E-state index is -3.45. The summed E-state index contributed by atoms with van der Waals surface area (Å²) < 4.78 is 27.1. The smallest absolute Gasteiger partial charge is 0.243 e. The van der Waals surface area contributed by atoms with E-state index in [0.717, 1.165) is 31.2 Å². The number of sulfonamides is 1. The quantitative estimate of drug-likeness (QED) is 0.789. The van der Waals surface area contributed by atoms with Gasteiger partial charge in [-0.25, -0.2) is 8.42 Å². The highest BCUT2D eigenvalue weighted by Crippen LogP contribution is 2.20. The molecule has 2 fully saturated rings. The van der Waals surface area contributed by atoms with Gasteiger partial charge in [0.1, 0.15) is 0 Å². The van der Waals surface area contributed by atoms with Gasteiger partial charge in [0.05, 0.1) is 11.4 Å². The number of aryl methyl sites for hydroxylation is 1. The van der Waals surface area contributed by atoms with E-state index < -0.39 is 10.0 Å². The second-order valence-electron chi connectivity index (χ2n) is 6.92. The van der Waals surface area contributed by atoms with Crippen molar-refractivity contribution in [3.05, 3.63) is 29.8 Å². The van der Waals surface area contributed by atoms with Gasteiger partial charge < -0.3 is 5.32 Å². The number of nitrogens with one attached hydrogen (secondary N) is 1. The molecule has 0 spiro atoms. The molecule has 2 aliphatic rings. The number of benzene rings is 1. The zero-order valence-electron chi connectivity index (χ0n) is 14.8. The Morgan fingerprint density at radius 2 is 1.76 bits per heavy atom. The lowest BCUT2D eigenvalue weighted by Crippen LogP contribution is -2.51. The second kappa shape index (κ2) is 7.85. The second-order valence-corrected chi connectivity index (χ2v) is 8.85. The molecule has 0 radical (unpaired) electrons. The van der Waals surface area contributed by atoms with E-state index in [1.54, 1.807) is 12.1 Å². The normalized spacial score (nSPS) is 19.7. The lowest BCUT2D eigenvalue weighted by Gasteiger charge is -2.33. The molecule has 1 saturated heterocycles. The monoisotopic (exact) mass is 365 g/mol. The number of rotatable bonds is 7. The van der Waals surface area contributed by atoms with Crippen molar-refractivity contribution in [2.45, 2.75) is 43.5 Å². The van der Waals surface area contributed by atoms with Crippen LogP contribution in [0.4, 0.5) is 0 Å². The van der Waals surface area contributed by atoms with Crippen molar-refractivity contribution in [1.82, 2.24) is 14.5 Å². The molecule has 1 heterocycles.